The van der Waals surface area contributed by atoms with Crippen LogP contribution in [0.1, 0.15) is 15.9 Å². The van der Waals surface area contributed by atoms with Crippen LogP contribution >= 0.6 is 27.5 Å². The maximum atomic E-state index is 11.9. The molecule has 0 fully saturated rings. The van der Waals surface area contributed by atoms with E-state index in [0.717, 1.165) is 10.0 Å². The molecule has 0 aliphatic carbocycles. The average molecular weight is 326 g/mol. The molecule has 4 heteroatoms. The van der Waals surface area contributed by atoms with Crippen molar-refractivity contribution in [1.29, 1.82) is 0 Å². The van der Waals surface area contributed by atoms with E-state index in [4.69, 9.17) is 16.3 Å². The van der Waals surface area contributed by atoms with E-state index in [1.807, 2.05) is 19.1 Å². The van der Waals surface area contributed by atoms with Gasteiger partial charge in [-0.1, -0.05) is 45.2 Å². The van der Waals surface area contributed by atoms with Gasteiger partial charge in [0.15, 0.2) is 0 Å². The Hall–Kier alpha value is -1.32. The van der Waals surface area contributed by atoms with Gasteiger partial charge in [0.25, 0.3) is 0 Å². The van der Waals surface area contributed by atoms with Crippen molar-refractivity contribution in [3.05, 3.63) is 63.1 Å². The molecule has 0 radical (unpaired) electrons. The Morgan fingerprint density at radius 3 is 2.44 bits per heavy atom. The van der Waals surface area contributed by atoms with Crippen LogP contribution in [0.15, 0.2) is 46.9 Å². The number of esters is 1. The molecule has 0 aliphatic rings. The highest BCUT2D eigenvalue weighted by molar-refractivity contribution is 9.10. The van der Waals surface area contributed by atoms with Crippen molar-refractivity contribution in [3.63, 3.8) is 0 Å². The normalized spacial score (nSPS) is 10.2. The van der Waals surface area contributed by atoms with Crippen molar-refractivity contribution < 1.29 is 9.53 Å². The van der Waals surface area contributed by atoms with Gasteiger partial charge in [-0.2, -0.15) is 0 Å². The third-order valence-corrected chi connectivity index (χ3v) is 3.17. The van der Waals surface area contributed by atoms with Crippen molar-refractivity contribution in [2.45, 2.75) is 6.92 Å². The second-order valence-electron chi connectivity index (χ2n) is 3.83. The number of carbonyl (C=O) groups excluding carboxylic acids is 1. The zero-order valence-corrected chi connectivity index (χ0v) is 12.0. The van der Waals surface area contributed by atoms with E-state index >= 15 is 0 Å². The minimum absolute atomic E-state index is 0.352. The number of halogens is 2. The standard InChI is InChI=1S/C14H10BrClO2/c1-9-2-4-10(5-3-9)14(17)18-13-7-6-11(15)8-12(13)16/h2-8H,1H3. The molecule has 2 aromatic carbocycles. The highest BCUT2D eigenvalue weighted by atomic mass is 79.9. The van der Waals surface area contributed by atoms with Crippen molar-refractivity contribution >= 4 is 33.5 Å². The van der Waals surface area contributed by atoms with Crippen LogP contribution in [0.4, 0.5) is 0 Å². The van der Waals surface area contributed by atoms with Crippen LogP contribution in [0.2, 0.25) is 5.02 Å². The van der Waals surface area contributed by atoms with Crippen LogP contribution in [0.3, 0.4) is 0 Å². The summed E-state index contributed by atoms with van der Waals surface area (Å²) in [5.41, 5.74) is 1.59. The van der Waals surface area contributed by atoms with E-state index < -0.39 is 5.97 Å². The van der Waals surface area contributed by atoms with Crippen LogP contribution in [0.25, 0.3) is 0 Å². The van der Waals surface area contributed by atoms with Crippen molar-refractivity contribution in [1.82, 2.24) is 0 Å². The molecule has 0 N–H and O–H groups in total. The van der Waals surface area contributed by atoms with Crippen molar-refractivity contribution in [2.75, 3.05) is 0 Å². The lowest BCUT2D eigenvalue weighted by molar-refractivity contribution is 0.0735. The second-order valence-corrected chi connectivity index (χ2v) is 5.15. The first-order valence-corrected chi connectivity index (χ1v) is 6.47. The fourth-order valence-electron chi connectivity index (χ4n) is 1.41. The summed E-state index contributed by atoms with van der Waals surface area (Å²) in [7, 11) is 0. The third kappa shape index (κ3) is 3.12. The Kier molecular flexibility index (Phi) is 4.04. The molecule has 92 valence electrons. The molecule has 2 aromatic rings. The Bertz CT molecular complexity index is 579. The summed E-state index contributed by atoms with van der Waals surface area (Å²) in [5.74, 6) is -0.0651. The van der Waals surface area contributed by atoms with Crippen molar-refractivity contribution in [3.8, 4) is 5.75 Å². The van der Waals surface area contributed by atoms with E-state index in [9.17, 15) is 4.79 Å². The van der Waals surface area contributed by atoms with Crippen LogP contribution in [-0.4, -0.2) is 5.97 Å². The highest BCUT2D eigenvalue weighted by Crippen LogP contribution is 2.28. The number of hydrogen-bond acceptors (Lipinski definition) is 2. The first-order valence-electron chi connectivity index (χ1n) is 5.30. The molecule has 0 atom stereocenters. The lowest BCUT2D eigenvalue weighted by atomic mass is 10.1. The third-order valence-electron chi connectivity index (χ3n) is 2.38. The van der Waals surface area contributed by atoms with Crippen LogP contribution in [-0.2, 0) is 0 Å². The molecule has 0 heterocycles. The van der Waals surface area contributed by atoms with Crippen LogP contribution < -0.4 is 4.74 Å². The van der Waals surface area contributed by atoms with E-state index in [1.165, 1.54) is 0 Å². The van der Waals surface area contributed by atoms with E-state index in [1.54, 1.807) is 30.3 Å². The van der Waals surface area contributed by atoms with Gasteiger partial charge in [-0.05, 0) is 37.3 Å². The smallest absolute Gasteiger partial charge is 0.343 e. The lowest BCUT2D eigenvalue weighted by Crippen LogP contribution is -2.08. The van der Waals surface area contributed by atoms with Crippen molar-refractivity contribution in [2.24, 2.45) is 0 Å². The van der Waals surface area contributed by atoms with Gasteiger partial charge in [0.1, 0.15) is 5.75 Å². The highest BCUT2D eigenvalue weighted by Gasteiger charge is 2.10. The van der Waals surface area contributed by atoms with Gasteiger partial charge in [-0.3, -0.25) is 0 Å². The van der Waals surface area contributed by atoms with E-state index in [-0.39, 0.29) is 0 Å². The summed E-state index contributed by atoms with van der Waals surface area (Å²) >= 11 is 9.27. The number of benzene rings is 2. The molecule has 0 aromatic heterocycles. The maximum Gasteiger partial charge on any atom is 0.343 e. The molecule has 0 amide bonds. The zero-order valence-electron chi connectivity index (χ0n) is 9.61. The monoisotopic (exact) mass is 324 g/mol. The van der Waals surface area contributed by atoms with Crippen LogP contribution in [0.5, 0.6) is 5.75 Å². The van der Waals surface area contributed by atoms with Crippen LogP contribution in [0, 0.1) is 6.92 Å². The summed E-state index contributed by atoms with van der Waals surface area (Å²) in [6.45, 7) is 1.96. The Labute approximate surface area is 119 Å². The molecular weight excluding hydrogens is 316 g/mol. The molecule has 0 aliphatic heterocycles. The zero-order chi connectivity index (χ0) is 13.1. The van der Waals surface area contributed by atoms with Gasteiger partial charge in [-0.25, -0.2) is 4.79 Å². The molecule has 0 unspecified atom stereocenters. The molecular formula is C14H10BrClO2. The summed E-state index contributed by atoms with van der Waals surface area (Å²) in [5, 5.41) is 0.393. The molecule has 0 saturated carbocycles. The Morgan fingerprint density at radius 2 is 1.83 bits per heavy atom. The molecule has 0 spiro atoms. The second kappa shape index (κ2) is 5.55. The van der Waals surface area contributed by atoms with Gasteiger partial charge in [0, 0.05) is 4.47 Å². The first-order chi connectivity index (χ1) is 8.56. The fraction of sp³-hybridized carbons (Fsp3) is 0.0714. The number of hydrogen-bond donors (Lipinski definition) is 0. The quantitative estimate of drug-likeness (QED) is 0.594. The minimum atomic E-state index is -0.417. The van der Waals surface area contributed by atoms with E-state index in [0.29, 0.717) is 16.3 Å². The molecule has 2 rings (SSSR count). The SMILES string of the molecule is Cc1ccc(C(=O)Oc2ccc(Br)cc2Cl)cc1. The number of aryl methyl sites for hydroxylation is 1. The van der Waals surface area contributed by atoms with Gasteiger partial charge >= 0.3 is 5.97 Å². The molecule has 0 bridgehead atoms. The summed E-state index contributed by atoms with van der Waals surface area (Å²) in [6.07, 6.45) is 0. The molecule has 0 saturated heterocycles. The largest absolute Gasteiger partial charge is 0.421 e. The van der Waals surface area contributed by atoms with Gasteiger partial charge < -0.3 is 4.74 Å². The fourth-order valence-corrected chi connectivity index (χ4v) is 2.12. The lowest BCUT2D eigenvalue weighted by Gasteiger charge is -2.06. The summed E-state index contributed by atoms with van der Waals surface area (Å²) in [4.78, 5) is 11.9. The predicted molar refractivity (Wildman–Crippen MR) is 75.3 cm³/mol. The first kappa shape index (κ1) is 13.1. The topological polar surface area (TPSA) is 26.3 Å². The average Bonchev–Trinajstić information content (AvgIpc) is 2.33. The Morgan fingerprint density at radius 1 is 1.17 bits per heavy atom. The van der Waals surface area contributed by atoms with E-state index in [2.05, 4.69) is 15.9 Å². The van der Waals surface area contributed by atoms with Gasteiger partial charge in [0.05, 0.1) is 10.6 Å². The minimum Gasteiger partial charge on any atom is -0.421 e. The Balaban J connectivity index is 2.18. The maximum absolute atomic E-state index is 11.9. The van der Waals surface area contributed by atoms with Gasteiger partial charge in [-0.15, -0.1) is 0 Å². The molecule has 18 heavy (non-hydrogen) atoms. The number of ether oxygens (including phenoxy) is 1. The summed E-state index contributed by atoms with van der Waals surface area (Å²) < 4.78 is 6.07. The predicted octanol–water partition coefficient (Wildman–Crippen LogP) is 4.63. The number of rotatable bonds is 2. The molecule has 2 nitrogen and oxygen atoms in total. The van der Waals surface area contributed by atoms with Gasteiger partial charge in [0.2, 0.25) is 0 Å². The number of carbonyl (C=O) groups is 1. The summed E-state index contributed by atoms with van der Waals surface area (Å²) in [6, 6.07) is 12.3.